The number of benzene rings is 2. The highest BCUT2D eigenvalue weighted by Crippen LogP contribution is 2.20. The molecule has 0 spiro atoms. The van der Waals surface area contributed by atoms with Crippen LogP contribution < -0.4 is 10.3 Å². The molecule has 0 saturated carbocycles. The number of nitrogens with zero attached hydrogens (tertiary/aromatic N) is 2. The first-order valence-corrected chi connectivity index (χ1v) is 8.44. The molecule has 0 saturated heterocycles. The molecule has 130 valence electrons. The predicted octanol–water partition coefficient (Wildman–Crippen LogP) is 3.45. The topological polar surface area (TPSA) is 53.4 Å². The van der Waals surface area contributed by atoms with Gasteiger partial charge in [0.25, 0.3) is 5.56 Å². The van der Waals surface area contributed by atoms with Crippen LogP contribution >= 0.6 is 11.6 Å². The van der Waals surface area contributed by atoms with Crippen molar-refractivity contribution in [1.29, 1.82) is 0 Å². The highest BCUT2D eigenvalue weighted by molar-refractivity contribution is 6.31. The summed E-state index contributed by atoms with van der Waals surface area (Å²) in [5.41, 5.74) is 1.63. The van der Waals surface area contributed by atoms with Crippen LogP contribution in [0.15, 0.2) is 53.6 Å². The highest BCUT2D eigenvalue weighted by Gasteiger charge is 2.03. The van der Waals surface area contributed by atoms with Crippen molar-refractivity contribution in [3.8, 4) is 5.75 Å². The van der Waals surface area contributed by atoms with E-state index in [4.69, 9.17) is 21.1 Å². The highest BCUT2D eigenvalue weighted by atomic mass is 35.5. The average molecular weight is 359 g/mol. The van der Waals surface area contributed by atoms with Gasteiger partial charge in [-0.1, -0.05) is 23.7 Å². The lowest BCUT2D eigenvalue weighted by molar-refractivity contribution is 0.0938. The van der Waals surface area contributed by atoms with Crippen molar-refractivity contribution in [2.45, 2.75) is 13.5 Å². The van der Waals surface area contributed by atoms with Crippen LogP contribution in [0.5, 0.6) is 5.75 Å². The maximum Gasteiger partial charge on any atom is 0.261 e. The van der Waals surface area contributed by atoms with Crippen molar-refractivity contribution in [2.24, 2.45) is 0 Å². The van der Waals surface area contributed by atoms with Crippen LogP contribution in [0.1, 0.15) is 5.56 Å². The summed E-state index contributed by atoms with van der Waals surface area (Å²) in [4.78, 5) is 16.6. The molecule has 3 aromatic rings. The maximum absolute atomic E-state index is 12.3. The molecule has 0 unspecified atom stereocenters. The Morgan fingerprint density at radius 2 is 1.96 bits per heavy atom. The molecule has 0 radical (unpaired) electrons. The Morgan fingerprint density at radius 3 is 2.80 bits per heavy atom. The summed E-state index contributed by atoms with van der Waals surface area (Å²) in [6.07, 6.45) is 1.56. The molecule has 0 amide bonds. The molecule has 0 bridgehead atoms. The first kappa shape index (κ1) is 17.5. The van der Waals surface area contributed by atoms with Crippen molar-refractivity contribution in [1.82, 2.24) is 9.55 Å². The van der Waals surface area contributed by atoms with E-state index in [0.717, 1.165) is 16.3 Å². The number of para-hydroxylation sites is 1. The Kier molecular flexibility index (Phi) is 5.68. The zero-order valence-corrected chi connectivity index (χ0v) is 14.7. The SMILES string of the molecule is Cc1cc(OCCOCCn2cnc3ccccc3c2=O)ccc1Cl. The van der Waals surface area contributed by atoms with Crippen molar-refractivity contribution < 1.29 is 9.47 Å². The van der Waals surface area contributed by atoms with E-state index < -0.39 is 0 Å². The molecule has 6 heteroatoms. The summed E-state index contributed by atoms with van der Waals surface area (Å²) in [6.45, 7) is 3.68. The molecular formula is C19H19ClN2O3. The summed E-state index contributed by atoms with van der Waals surface area (Å²) in [5, 5.41) is 1.34. The van der Waals surface area contributed by atoms with Gasteiger partial charge in [0, 0.05) is 5.02 Å². The first-order chi connectivity index (χ1) is 12.1. The second kappa shape index (κ2) is 8.14. The van der Waals surface area contributed by atoms with Gasteiger partial charge in [-0.3, -0.25) is 9.36 Å². The number of hydrogen-bond acceptors (Lipinski definition) is 4. The van der Waals surface area contributed by atoms with E-state index in [2.05, 4.69) is 4.98 Å². The van der Waals surface area contributed by atoms with Crippen molar-refractivity contribution in [3.05, 3.63) is 69.7 Å². The summed E-state index contributed by atoms with van der Waals surface area (Å²) in [6, 6.07) is 12.8. The van der Waals surface area contributed by atoms with Gasteiger partial charge in [-0.05, 0) is 42.8 Å². The quantitative estimate of drug-likeness (QED) is 0.607. The van der Waals surface area contributed by atoms with Crippen molar-refractivity contribution in [3.63, 3.8) is 0 Å². The molecule has 3 rings (SSSR count). The van der Waals surface area contributed by atoms with Gasteiger partial charge in [0.15, 0.2) is 0 Å². The standard InChI is InChI=1S/C19H19ClN2O3/c1-14-12-15(6-7-17(14)20)25-11-10-24-9-8-22-13-21-18-5-3-2-4-16(18)19(22)23/h2-7,12-13H,8-11H2,1H3. The Balaban J connectivity index is 1.45. The number of fused-ring (bicyclic) bond motifs is 1. The van der Waals surface area contributed by atoms with Crippen LogP contribution in [0, 0.1) is 6.92 Å². The zero-order chi connectivity index (χ0) is 17.6. The Morgan fingerprint density at radius 1 is 1.12 bits per heavy atom. The fourth-order valence-electron chi connectivity index (χ4n) is 2.46. The van der Waals surface area contributed by atoms with Crippen LogP contribution in [0.4, 0.5) is 0 Å². The van der Waals surface area contributed by atoms with Gasteiger partial charge in [0.05, 0.1) is 37.0 Å². The molecule has 0 fully saturated rings. The number of aryl methyl sites for hydroxylation is 1. The molecule has 0 aliphatic heterocycles. The molecule has 25 heavy (non-hydrogen) atoms. The first-order valence-electron chi connectivity index (χ1n) is 8.06. The Labute approximate surface area is 150 Å². The van der Waals surface area contributed by atoms with Gasteiger partial charge >= 0.3 is 0 Å². The van der Waals surface area contributed by atoms with Gasteiger partial charge in [0.1, 0.15) is 12.4 Å². The summed E-state index contributed by atoms with van der Waals surface area (Å²) >= 11 is 5.98. The predicted molar refractivity (Wildman–Crippen MR) is 98.5 cm³/mol. The van der Waals surface area contributed by atoms with Crippen LogP contribution in [0.2, 0.25) is 5.02 Å². The number of ether oxygens (including phenoxy) is 2. The number of hydrogen-bond donors (Lipinski definition) is 0. The fourth-order valence-corrected chi connectivity index (χ4v) is 2.57. The minimum absolute atomic E-state index is 0.0536. The second-order valence-electron chi connectivity index (χ2n) is 5.63. The van der Waals surface area contributed by atoms with Crippen LogP contribution in [0.25, 0.3) is 10.9 Å². The maximum atomic E-state index is 12.3. The molecule has 2 aromatic carbocycles. The van der Waals surface area contributed by atoms with Gasteiger partial charge < -0.3 is 9.47 Å². The lowest BCUT2D eigenvalue weighted by Gasteiger charge is -2.09. The molecule has 1 aromatic heterocycles. The van der Waals surface area contributed by atoms with E-state index in [1.807, 2.05) is 43.3 Å². The number of aromatic nitrogens is 2. The Hall–Kier alpha value is -2.37. The van der Waals surface area contributed by atoms with E-state index >= 15 is 0 Å². The molecule has 0 atom stereocenters. The molecule has 1 heterocycles. The lowest BCUT2D eigenvalue weighted by atomic mass is 10.2. The largest absolute Gasteiger partial charge is 0.491 e. The Bertz CT molecular complexity index is 924. The van der Waals surface area contributed by atoms with E-state index in [-0.39, 0.29) is 5.56 Å². The third-order valence-corrected chi connectivity index (χ3v) is 4.26. The third kappa shape index (κ3) is 4.38. The van der Waals surface area contributed by atoms with E-state index in [1.165, 1.54) is 0 Å². The minimum Gasteiger partial charge on any atom is -0.491 e. The monoisotopic (exact) mass is 358 g/mol. The van der Waals surface area contributed by atoms with E-state index in [9.17, 15) is 4.79 Å². The van der Waals surface area contributed by atoms with Crippen molar-refractivity contribution >= 4 is 22.5 Å². The number of halogens is 1. The third-order valence-electron chi connectivity index (χ3n) is 3.83. The van der Waals surface area contributed by atoms with Gasteiger partial charge in [0.2, 0.25) is 0 Å². The minimum atomic E-state index is -0.0536. The van der Waals surface area contributed by atoms with Gasteiger partial charge in [-0.25, -0.2) is 4.98 Å². The average Bonchev–Trinajstić information content (AvgIpc) is 2.63. The summed E-state index contributed by atoms with van der Waals surface area (Å²) in [5.74, 6) is 0.764. The molecular weight excluding hydrogens is 340 g/mol. The smallest absolute Gasteiger partial charge is 0.261 e. The van der Waals surface area contributed by atoms with E-state index in [1.54, 1.807) is 17.0 Å². The zero-order valence-electron chi connectivity index (χ0n) is 13.9. The van der Waals surface area contributed by atoms with Gasteiger partial charge in [-0.15, -0.1) is 0 Å². The van der Waals surface area contributed by atoms with Gasteiger partial charge in [-0.2, -0.15) is 0 Å². The molecule has 5 nitrogen and oxygen atoms in total. The normalized spacial score (nSPS) is 11.0. The van der Waals surface area contributed by atoms with Crippen LogP contribution in [-0.4, -0.2) is 29.4 Å². The molecule has 0 aliphatic rings. The second-order valence-corrected chi connectivity index (χ2v) is 6.04. The van der Waals surface area contributed by atoms with Crippen LogP contribution in [0.3, 0.4) is 0 Å². The summed E-state index contributed by atoms with van der Waals surface area (Å²) in [7, 11) is 0. The molecule has 0 aliphatic carbocycles. The lowest BCUT2D eigenvalue weighted by Crippen LogP contribution is -2.23. The molecule has 0 N–H and O–H groups in total. The van der Waals surface area contributed by atoms with Crippen molar-refractivity contribution in [2.75, 3.05) is 19.8 Å². The number of rotatable bonds is 7. The fraction of sp³-hybridized carbons (Fsp3) is 0.263. The van der Waals surface area contributed by atoms with E-state index in [0.29, 0.717) is 37.3 Å². The summed E-state index contributed by atoms with van der Waals surface area (Å²) < 4.78 is 12.7. The van der Waals surface area contributed by atoms with Crippen LogP contribution in [-0.2, 0) is 11.3 Å².